The summed E-state index contributed by atoms with van der Waals surface area (Å²) < 4.78 is 4.85. The lowest BCUT2D eigenvalue weighted by Gasteiger charge is -2.06. The number of phenolic OH excluding ortho intramolecular Hbond substituents is 1. The van der Waals surface area contributed by atoms with Gasteiger partial charge in [-0.05, 0) is 6.92 Å². The fourth-order valence-corrected chi connectivity index (χ4v) is 2.19. The number of carbonyl (C=O) groups is 1. The van der Waals surface area contributed by atoms with Crippen LogP contribution in [0.4, 0.5) is 5.69 Å². The van der Waals surface area contributed by atoms with Crippen molar-refractivity contribution in [2.24, 2.45) is 5.10 Å². The molecule has 4 N–H and O–H groups in total. The molecule has 0 unspecified atom stereocenters. The van der Waals surface area contributed by atoms with E-state index in [1.165, 1.54) is 14.0 Å². The van der Waals surface area contributed by atoms with Crippen LogP contribution in [0.1, 0.15) is 16.8 Å². The normalized spacial score (nSPS) is 10.7. The van der Waals surface area contributed by atoms with E-state index in [1.807, 2.05) is 4.98 Å². The lowest BCUT2D eigenvalue weighted by atomic mass is 10.1. The number of rotatable bonds is 6. The SMILES string of the molecule is COc1cc([N+](=O)[O-])cc(/C=N\NC(=O)Cc2c(C)[nH]c(=O)[nH]c2=O)c1O. The highest BCUT2D eigenvalue weighted by molar-refractivity contribution is 5.87. The first-order chi connectivity index (χ1) is 12.7. The first-order valence-electron chi connectivity index (χ1n) is 7.42. The predicted molar refractivity (Wildman–Crippen MR) is 93.2 cm³/mol. The third kappa shape index (κ3) is 4.56. The molecule has 12 heteroatoms. The lowest BCUT2D eigenvalue weighted by Crippen LogP contribution is -2.30. The van der Waals surface area contributed by atoms with E-state index in [2.05, 4.69) is 15.5 Å². The van der Waals surface area contributed by atoms with Crippen LogP contribution in [0.2, 0.25) is 0 Å². The fourth-order valence-electron chi connectivity index (χ4n) is 2.19. The maximum Gasteiger partial charge on any atom is 0.325 e. The van der Waals surface area contributed by atoms with Crippen molar-refractivity contribution in [2.45, 2.75) is 13.3 Å². The standard InChI is InChI=1S/C15H15N5O7/c1-7-10(14(23)18-15(24)17-7)5-12(21)19-16-6-8-3-9(20(25)26)4-11(27-2)13(8)22/h3-4,6,22H,5H2,1-2H3,(H,19,21)(H2,17,18,23,24)/b16-6-. The number of nitrogens with one attached hydrogen (secondary N) is 3. The Morgan fingerprint density at radius 1 is 1.41 bits per heavy atom. The van der Waals surface area contributed by atoms with Crippen molar-refractivity contribution < 1.29 is 19.6 Å². The van der Waals surface area contributed by atoms with Gasteiger partial charge in [0.1, 0.15) is 0 Å². The van der Waals surface area contributed by atoms with Gasteiger partial charge in [0.25, 0.3) is 11.2 Å². The zero-order chi connectivity index (χ0) is 20.1. The van der Waals surface area contributed by atoms with Gasteiger partial charge in [0.05, 0.1) is 30.7 Å². The summed E-state index contributed by atoms with van der Waals surface area (Å²) in [5.74, 6) is -1.20. The number of nitro groups is 1. The molecule has 1 aromatic heterocycles. The van der Waals surface area contributed by atoms with Crippen molar-refractivity contribution in [2.75, 3.05) is 7.11 Å². The van der Waals surface area contributed by atoms with Crippen LogP contribution < -0.4 is 21.4 Å². The zero-order valence-corrected chi connectivity index (χ0v) is 14.2. The van der Waals surface area contributed by atoms with Crippen LogP contribution in [0.25, 0.3) is 0 Å². The van der Waals surface area contributed by atoms with Crippen LogP contribution in [-0.2, 0) is 11.2 Å². The summed E-state index contributed by atoms with van der Waals surface area (Å²) in [4.78, 5) is 49.3. The summed E-state index contributed by atoms with van der Waals surface area (Å²) in [5, 5.41) is 24.5. The van der Waals surface area contributed by atoms with E-state index in [9.17, 15) is 29.6 Å². The van der Waals surface area contributed by atoms with Gasteiger partial charge in [-0.3, -0.25) is 24.7 Å². The minimum absolute atomic E-state index is 0.0561. The number of aromatic hydroxyl groups is 1. The average Bonchev–Trinajstić information content (AvgIpc) is 2.59. The van der Waals surface area contributed by atoms with Crippen molar-refractivity contribution in [1.29, 1.82) is 0 Å². The minimum atomic E-state index is -0.698. The molecular weight excluding hydrogens is 362 g/mol. The van der Waals surface area contributed by atoms with Crippen molar-refractivity contribution in [3.05, 3.63) is 59.9 Å². The smallest absolute Gasteiger partial charge is 0.325 e. The summed E-state index contributed by atoms with van der Waals surface area (Å²) in [7, 11) is 1.23. The molecule has 0 aliphatic rings. The maximum absolute atomic E-state index is 11.9. The van der Waals surface area contributed by atoms with Crippen LogP contribution in [0, 0.1) is 17.0 Å². The van der Waals surface area contributed by atoms with Crippen LogP contribution >= 0.6 is 0 Å². The molecule has 1 aromatic carbocycles. The molecule has 0 spiro atoms. The molecule has 0 aliphatic heterocycles. The topological polar surface area (TPSA) is 180 Å². The monoisotopic (exact) mass is 377 g/mol. The number of ether oxygens (including phenoxy) is 1. The number of hydrazone groups is 1. The summed E-state index contributed by atoms with van der Waals surface area (Å²) in [6.45, 7) is 1.47. The van der Waals surface area contributed by atoms with Gasteiger partial charge in [0.15, 0.2) is 11.5 Å². The Morgan fingerprint density at radius 2 is 2.11 bits per heavy atom. The van der Waals surface area contributed by atoms with E-state index >= 15 is 0 Å². The van der Waals surface area contributed by atoms with E-state index in [1.54, 1.807) is 0 Å². The molecule has 27 heavy (non-hydrogen) atoms. The zero-order valence-electron chi connectivity index (χ0n) is 14.2. The summed E-state index contributed by atoms with van der Waals surface area (Å²) >= 11 is 0. The van der Waals surface area contributed by atoms with Crippen LogP contribution in [0.3, 0.4) is 0 Å². The predicted octanol–water partition coefficient (Wildman–Crippen LogP) is -0.313. The van der Waals surface area contributed by atoms with Gasteiger partial charge in [0, 0.05) is 22.9 Å². The second kappa shape index (κ2) is 7.95. The fraction of sp³-hybridized carbons (Fsp3) is 0.200. The number of nitrogens with zero attached hydrogens (tertiary/aromatic N) is 2. The van der Waals surface area contributed by atoms with E-state index in [-0.39, 0.29) is 34.7 Å². The molecule has 1 heterocycles. The van der Waals surface area contributed by atoms with Gasteiger partial charge in [-0.2, -0.15) is 5.10 Å². The second-order valence-corrected chi connectivity index (χ2v) is 5.32. The molecule has 0 atom stereocenters. The van der Waals surface area contributed by atoms with Crippen molar-refractivity contribution in [3.8, 4) is 11.5 Å². The van der Waals surface area contributed by atoms with Gasteiger partial charge in [-0.1, -0.05) is 0 Å². The Bertz CT molecular complexity index is 1040. The Labute approximate surface area is 150 Å². The number of hydrogen-bond acceptors (Lipinski definition) is 8. The van der Waals surface area contributed by atoms with Gasteiger partial charge in [-0.15, -0.1) is 0 Å². The Balaban J connectivity index is 2.17. The highest BCUT2D eigenvalue weighted by Gasteiger charge is 2.16. The van der Waals surface area contributed by atoms with Gasteiger partial charge < -0.3 is 14.8 Å². The second-order valence-electron chi connectivity index (χ2n) is 5.32. The Morgan fingerprint density at radius 3 is 2.70 bits per heavy atom. The van der Waals surface area contributed by atoms with E-state index in [4.69, 9.17) is 4.74 Å². The summed E-state index contributed by atoms with van der Waals surface area (Å²) in [6.07, 6.45) is 0.631. The van der Waals surface area contributed by atoms with Gasteiger partial charge in [-0.25, -0.2) is 10.2 Å². The van der Waals surface area contributed by atoms with E-state index < -0.39 is 27.8 Å². The molecule has 2 rings (SSSR count). The number of H-pyrrole nitrogens is 2. The van der Waals surface area contributed by atoms with E-state index in [0.29, 0.717) is 0 Å². The molecule has 0 radical (unpaired) electrons. The molecule has 0 saturated heterocycles. The number of methoxy groups -OCH3 is 1. The molecule has 0 saturated carbocycles. The summed E-state index contributed by atoms with van der Waals surface area (Å²) in [6, 6.07) is 2.08. The van der Waals surface area contributed by atoms with Crippen LogP contribution in [-0.4, -0.2) is 39.2 Å². The number of carbonyl (C=O) groups excluding carboxylic acids is 1. The molecular formula is C15H15N5O7. The van der Waals surface area contributed by atoms with Crippen molar-refractivity contribution in [3.63, 3.8) is 0 Å². The molecule has 0 fully saturated rings. The summed E-state index contributed by atoms with van der Waals surface area (Å²) in [5.41, 5.74) is 0.644. The minimum Gasteiger partial charge on any atom is -0.504 e. The quantitative estimate of drug-likeness (QED) is 0.302. The number of non-ortho nitro benzene ring substituents is 1. The highest BCUT2D eigenvalue weighted by Crippen LogP contribution is 2.33. The van der Waals surface area contributed by atoms with Crippen molar-refractivity contribution in [1.82, 2.24) is 15.4 Å². The first-order valence-corrected chi connectivity index (χ1v) is 7.42. The van der Waals surface area contributed by atoms with Crippen molar-refractivity contribution >= 4 is 17.8 Å². The van der Waals surface area contributed by atoms with Crippen LogP contribution in [0.15, 0.2) is 26.8 Å². The Hall–Kier alpha value is -3.96. The van der Waals surface area contributed by atoms with Gasteiger partial charge in [0.2, 0.25) is 5.91 Å². The molecule has 1 amide bonds. The first kappa shape index (κ1) is 19.4. The highest BCUT2D eigenvalue weighted by atomic mass is 16.6. The lowest BCUT2D eigenvalue weighted by molar-refractivity contribution is -0.385. The molecule has 12 nitrogen and oxygen atoms in total. The molecule has 0 aliphatic carbocycles. The maximum atomic E-state index is 11.9. The Kier molecular flexibility index (Phi) is 5.70. The third-order valence-electron chi connectivity index (χ3n) is 3.50. The molecule has 2 aromatic rings. The number of benzene rings is 1. The largest absolute Gasteiger partial charge is 0.504 e. The number of aryl methyl sites for hydroxylation is 1. The number of phenols is 1. The van der Waals surface area contributed by atoms with Gasteiger partial charge >= 0.3 is 5.69 Å². The number of aromatic amines is 2. The average molecular weight is 377 g/mol. The number of aromatic nitrogens is 2. The number of nitro benzene ring substituents is 1. The van der Waals surface area contributed by atoms with Crippen LogP contribution in [0.5, 0.6) is 11.5 Å². The number of amides is 1. The third-order valence-corrected chi connectivity index (χ3v) is 3.50. The van der Waals surface area contributed by atoms with E-state index in [0.717, 1.165) is 18.3 Å². The number of hydrogen-bond donors (Lipinski definition) is 4. The molecule has 142 valence electrons. The molecule has 0 bridgehead atoms.